The van der Waals surface area contributed by atoms with E-state index in [1.54, 1.807) is 23.2 Å². The minimum atomic E-state index is -0.434. The molecule has 0 spiro atoms. The van der Waals surface area contributed by atoms with Gasteiger partial charge in [0.25, 0.3) is 0 Å². The summed E-state index contributed by atoms with van der Waals surface area (Å²) in [7, 11) is 0. The van der Waals surface area contributed by atoms with Gasteiger partial charge in [-0.05, 0) is 36.7 Å². The zero-order chi connectivity index (χ0) is 17.9. The van der Waals surface area contributed by atoms with Crippen molar-refractivity contribution < 1.29 is 9.72 Å². The number of amides is 1. The predicted molar refractivity (Wildman–Crippen MR) is 90.6 cm³/mol. The van der Waals surface area contributed by atoms with Gasteiger partial charge in [-0.25, -0.2) is 0 Å². The number of nitrogens with zero attached hydrogens (tertiary/aromatic N) is 5. The van der Waals surface area contributed by atoms with Gasteiger partial charge in [-0.2, -0.15) is 10.2 Å². The Balaban J connectivity index is 1.80. The molecule has 1 amide bonds. The minimum Gasteiger partial charge on any atom is -0.354 e. The molecule has 0 bridgehead atoms. The van der Waals surface area contributed by atoms with Crippen molar-refractivity contribution in [3.63, 3.8) is 0 Å². The molecule has 2 heterocycles. The summed E-state index contributed by atoms with van der Waals surface area (Å²) in [6, 6.07) is 0. The van der Waals surface area contributed by atoms with Gasteiger partial charge in [0.15, 0.2) is 0 Å². The highest BCUT2D eigenvalue weighted by Crippen LogP contribution is 2.21. The smallest absolute Gasteiger partial charge is 0.312 e. The van der Waals surface area contributed by atoms with Gasteiger partial charge in [-0.15, -0.1) is 0 Å². The van der Waals surface area contributed by atoms with Crippen LogP contribution in [0.5, 0.6) is 0 Å². The number of aryl methyl sites for hydroxylation is 3. The molecule has 2 aromatic rings. The lowest BCUT2D eigenvalue weighted by molar-refractivity contribution is -0.386. The van der Waals surface area contributed by atoms with Gasteiger partial charge in [0.2, 0.25) is 5.91 Å². The molecule has 2 aromatic heterocycles. The number of nitro groups is 1. The summed E-state index contributed by atoms with van der Waals surface area (Å²) < 4.78 is 4.17. The molecule has 0 aliphatic heterocycles. The summed E-state index contributed by atoms with van der Waals surface area (Å²) >= 11 is 3.37. The van der Waals surface area contributed by atoms with Gasteiger partial charge in [-0.3, -0.25) is 24.3 Å². The Labute approximate surface area is 147 Å². The molecule has 0 aliphatic rings. The molecule has 10 heteroatoms. The fourth-order valence-electron chi connectivity index (χ4n) is 2.38. The van der Waals surface area contributed by atoms with E-state index < -0.39 is 4.92 Å². The first-order chi connectivity index (χ1) is 11.3. The average Bonchev–Trinajstić information content (AvgIpc) is 2.96. The van der Waals surface area contributed by atoms with Crippen LogP contribution in [0.25, 0.3) is 0 Å². The van der Waals surface area contributed by atoms with Crippen molar-refractivity contribution in [1.29, 1.82) is 0 Å². The maximum atomic E-state index is 11.9. The Hall–Kier alpha value is -2.23. The maximum absolute atomic E-state index is 11.9. The second-order valence-corrected chi connectivity index (χ2v) is 6.28. The molecular weight excluding hydrogens is 380 g/mol. The number of nitrogens with one attached hydrogen (secondary N) is 1. The van der Waals surface area contributed by atoms with Crippen LogP contribution in [0.3, 0.4) is 0 Å². The molecule has 0 aliphatic carbocycles. The van der Waals surface area contributed by atoms with Crippen molar-refractivity contribution in [2.75, 3.05) is 6.54 Å². The highest BCUT2D eigenvalue weighted by atomic mass is 79.9. The van der Waals surface area contributed by atoms with E-state index in [0.717, 1.165) is 10.2 Å². The van der Waals surface area contributed by atoms with Gasteiger partial charge in [-0.1, -0.05) is 0 Å². The van der Waals surface area contributed by atoms with Gasteiger partial charge >= 0.3 is 5.69 Å². The topological polar surface area (TPSA) is 108 Å². The van der Waals surface area contributed by atoms with E-state index in [0.29, 0.717) is 37.4 Å². The van der Waals surface area contributed by atoms with Gasteiger partial charge < -0.3 is 5.32 Å². The fraction of sp³-hybridized carbons (Fsp3) is 0.500. The summed E-state index contributed by atoms with van der Waals surface area (Å²) in [5.41, 5.74) is 1.77. The number of carbonyl (C=O) groups excluding carboxylic acids is 1. The Kier molecular flexibility index (Phi) is 5.71. The van der Waals surface area contributed by atoms with Crippen LogP contribution < -0.4 is 5.32 Å². The molecule has 130 valence electrons. The SMILES string of the molecule is Cc1nn(CCC(=O)NCCn2nc(C)c([N+](=O)[O-])c2C)cc1Br. The van der Waals surface area contributed by atoms with Crippen LogP contribution in [0, 0.1) is 30.9 Å². The number of halogens is 1. The Morgan fingerprint density at radius 2 is 2.00 bits per heavy atom. The summed E-state index contributed by atoms with van der Waals surface area (Å²) in [6.45, 7) is 6.37. The van der Waals surface area contributed by atoms with E-state index >= 15 is 0 Å². The quantitative estimate of drug-likeness (QED) is 0.565. The van der Waals surface area contributed by atoms with E-state index in [2.05, 4.69) is 31.4 Å². The minimum absolute atomic E-state index is 0.0287. The number of hydrogen-bond donors (Lipinski definition) is 1. The summed E-state index contributed by atoms with van der Waals surface area (Å²) in [5.74, 6) is -0.102. The number of aromatic nitrogens is 4. The molecule has 0 saturated carbocycles. The van der Waals surface area contributed by atoms with Gasteiger partial charge in [0.1, 0.15) is 11.4 Å². The molecule has 9 nitrogen and oxygen atoms in total. The van der Waals surface area contributed by atoms with E-state index in [4.69, 9.17) is 0 Å². The van der Waals surface area contributed by atoms with Crippen molar-refractivity contribution in [3.8, 4) is 0 Å². The molecular formula is C14H19BrN6O3. The Morgan fingerprint density at radius 1 is 1.29 bits per heavy atom. The lowest BCUT2D eigenvalue weighted by Crippen LogP contribution is -2.28. The van der Waals surface area contributed by atoms with Crippen molar-refractivity contribution in [1.82, 2.24) is 24.9 Å². The molecule has 2 rings (SSSR count). The third kappa shape index (κ3) is 4.19. The number of hydrogen-bond acceptors (Lipinski definition) is 5. The van der Waals surface area contributed by atoms with Crippen LogP contribution in [-0.2, 0) is 17.9 Å². The van der Waals surface area contributed by atoms with Crippen molar-refractivity contribution in [3.05, 3.63) is 37.9 Å². The standard InChI is InChI=1S/C14H19BrN6O3/c1-9-12(15)8-19(17-9)6-4-13(22)16-5-7-20-11(3)14(21(23)24)10(2)18-20/h8H,4-7H2,1-3H3,(H,16,22). The summed E-state index contributed by atoms with van der Waals surface area (Å²) in [4.78, 5) is 22.4. The van der Waals surface area contributed by atoms with E-state index in [1.165, 1.54) is 0 Å². The first-order valence-electron chi connectivity index (χ1n) is 7.44. The third-order valence-electron chi connectivity index (χ3n) is 3.63. The van der Waals surface area contributed by atoms with Gasteiger partial charge in [0.05, 0.1) is 21.6 Å². The molecule has 0 radical (unpaired) electrons. The normalized spacial score (nSPS) is 10.8. The predicted octanol–water partition coefficient (Wildman–Crippen LogP) is 1.88. The van der Waals surface area contributed by atoms with Crippen molar-refractivity contribution in [2.24, 2.45) is 0 Å². The first kappa shape index (κ1) is 18.1. The summed E-state index contributed by atoms with van der Waals surface area (Å²) in [5, 5.41) is 22.1. The molecule has 1 N–H and O–H groups in total. The summed E-state index contributed by atoms with van der Waals surface area (Å²) in [6.07, 6.45) is 2.14. The molecule has 0 atom stereocenters. The van der Waals surface area contributed by atoms with Crippen LogP contribution in [-0.4, -0.2) is 36.9 Å². The Morgan fingerprint density at radius 3 is 2.54 bits per heavy atom. The third-order valence-corrected chi connectivity index (χ3v) is 4.40. The zero-order valence-electron chi connectivity index (χ0n) is 13.7. The molecule has 24 heavy (non-hydrogen) atoms. The van der Waals surface area contributed by atoms with Crippen LogP contribution >= 0.6 is 15.9 Å². The van der Waals surface area contributed by atoms with Crippen LogP contribution in [0.4, 0.5) is 5.69 Å². The highest BCUT2D eigenvalue weighted by Gasteiger charge is 2.21. The molecule has 0 aromatic carbocycles. The molecule has 0 unspecified atom stereocenters. The van der Waals surface area contributed by atoms with Gasteiger partial charge in [0, 0.05) is 25.7 Å². The average molecular weight is 399 g/mol. The van der Waals surface area contributed by atoms with E-state index in [1.807, 2.05) is 13.1 Å². The monoisotopic (exact) mass is 398 g/mol. The van der Waals surface area contributed by atoms with Crippen molar-refractivity contribution in [2.45, 2.75) is 40.3 Å². The lowest BCUT2D eigenvalue weighted by Gasteiger charge is -2.06. The van der Waals surface area contributed by atoms with E-state index in [-0.39, 0.29) is 11.6 Å². The largest absolute Gasteiger partial charge is 0.354 e. The second-order valence-electron chi connectivity index (χ2n) is 5.43. The molecule has 0 saturated heterocycles. The van der Waals surface area contributed by atoms with Crippen LogP contribution in [0.1, 0.15) is 23.5 Å². The first-order valence-corrected chi connectivity index (χ1v) is 8.23. The van der Waals surface area contributed by atoms with E-state index in [9.17, 15) is 14.9 Å². The fourth-order valence-corrected chi connectivity index (χ4v) is 2.70. The lowest BCUT2D eigenvalue weighted by atomic mass is 10.3. The number of carbonyl (C=O) groups is 1. The molecule has 0 fully saturated rings. The number of rotatable bonds is 7. The second kappa shape index (κ2) is 7.56. The highest BCUT2D eigenvalue weighted by molar-refractivity contribution is 9.10. The maximum Gasteiger partial charge on any atom is 0.312 e. The van der Waals surface area contributed by atoms with Crippen LogP contribution in [0.2, 0.25) is 0 Å². The zero-order valence-corrected chi connectivity index (χ0v) is 15.3. The Bertz CT molecular complexity index is 747. The van der Waals surface area contributed by atoms with Crippen LogP contribution in [0.15, 0.2) is 10.7 Å². The van der Waals surface area contributed by atoms with Crippen molar-refractivity contribution >= 4 is 27.5 Å².